The first-order valence-corrected chi connectivity index (χ1v) is 28.6. The number of nitrogens with one attached hydrogen (secondary N) is 3. The normalized spacial score (nSPS) is 21.4. The first kappa shape index (κ1) is 54.7. The van der Waals surface area contributed by atoms with Gasteiger partial charge in [-0.3, -0.25) is 9.59 Å². The molecule has 5 aliphatic rings. The van der Waals surface area contributed by atoms with Gasteiger partial charge >= 0.3 is 11.9 Å². The first-order valence-electron chi connectivity index (χ1n) is 28.6. The van der Waals surface area contributed by atoms with E-state index in [2.05, 4.69) is 112 Å². The highest BCUT2D eigenvalue weighted by atomic mass is 16.5. The molecule has 17 heteroatoms. The smallest absolute Gasteiger partial charge is 0.308 e. The van der Waals surface area contributed by atoms with Gasteiger partial charge in [0.05, 0.1) is 53.9 Å². The standard InChI is InChI=1S/C64H70N10O7/c75-49(37-50(76)39-57(78)79)29-31-53-60(72-73(61(53)45-15-7-2-8-16-45)55-33-35-65-63(69-55)67-47-17-9-3-10-18-47)44-25-21-41(22-26-44)42-23-27-46(28-24-42)62-54(32-30-52-38-51(77)40-58(80)81-52)59(43-13-5-1-6-14-43)71-74(62)56-34-36-66-64(70-56)68-48-19-11-4-12-20-48/h1-2,4-7,11-13,17,19-28,33-36,43,45,49-52,64,68,70,75-77H,3,8-10,14-16,18,29-32,37-40H2,(H,78,79)(H,65,67,69)/t43?,45?,49-,50-,51-,52-,64?/m1/s1. The van der Waals surface area contributed by atoms with Gasteiger partial charge in [-0.15, -0.1) is 0 Å². The number of esters is 1. The minimum Gasteiger partial charge on any atom is -0.481 e. The van der Waals surface area contributed by atoms with Crippen molar-refractivity contribution in [3.8, 4) is 39.5 Å². The Bertz CT molecular complexity index is 3380. The van der Waals surface area contributed by atoms with Gasteiger partial charge < -0.3 is 41.1 Å². The number of aromatic nitrogens is 6. The Morgan fingerprint density at radius 2 is 1.64 bits per heavy atom. The van der Waals surface area contributed by atoms with Gasteiger partial charge in [0.1, 0.15) is 11.9 Å². The highest BCUT2D eigenvalue weighted by Crippen LogP contribution is 2.41. The molecule has 3 aliphatic carbocycles. The molecule has 1 fully saturated rings. The third kappa shape index (κ3) is 13.3. The van der Waals surface area contributed by atoms with E-state index in [1.807, 2.05) is 51.8 Å². The van der Waals surface area contributed by atoms with Crippen molar-refractivity contribution in [2.45, 2.75) is 145 Å². The number of carbonyl (C=O) groups is 2. The maximum absolute atomic E-state index is 12.5. The van der Waals surface area contributed by atoms with Crippen molar-refractivity contribution in [1.29, 1.82) is 0 Å². The van der Waals surface area contributed by atoms with Crippen LogP contribution in [0.25, 0.3) is 45.3 Å². The predicted octanol–water partition coefficient (Wildman–Crippen LogP) is 10.5. The number of nitrogens with zero attached hydrogens (tertiary/aromatic N) is 7. The van der Waals surface area contributed by atoms with E-state index in [0.29, 0.717) is 43.9 Å². The molecule has 418 valence electrons. The number of ether oxygens (including phenoxy) is 1. The van der Waals surface area contributed by atoms with Crippen LogP contribution in [-0.2, 0) is 27.2 Å². The number of aliphatic carboxylic acids is 1. The molecule has 7 N–H and O–H groups in total. The molecule has 2 aliphatic heterocycles. The van der Waals surface area contributed by atoms with Gasteiger partial charge in [0, 0.05) is 70.4 Å². The lowest BCUT2D eigenvalue weighted by atomic mass is 9.86. The Morgan fingerprint density at radius 1 is 0.840 bits per heavy atom. The number of hydrogen-bond donors (Lipinski definition) is 7. The summed E-state index contributed by atoms with van der Waals surface area (Å²) in [6, 6.07) is 28.7. The SMILES string of the molecule is O=C(O)C[C@H](O)C[C@H](O)CCc1c(-c2ccc(-c3ccc(-c4c(CC[C@@H]5C[C@@H](O)CC(=O)O5)c(C5C=CC=CC5)nn4C4=CC=NC(Nc5ccccc5)N4)cc3)cc2)nn(-c2ccnc(NC3=CCCCC3)n2)c1C1CC=CCC1. The zero-order valence-corrected chi connectivity index (χ0v) is 45.4. The van der Waals surface area contributed by atoms with Crippen LogP contribution < -0.4 is 16.0 Å². The third-order valence-corrected chi connectivity index (χ3v) is 15.8. The van der Waals surface area contributed by atoms with Crippen molar-refractivity contribution in [2.75, 3.05) is 10.6 Å². The minimum atomic E-state index is -1.17. The largest absolute Gasteiger partial charge is 0.481 e. The van der Waals surface area contributed by atoms with Crippen LogP contribution in [-0.4, -0.2) is 98.8 Å². The van der Waals surface area contributed by atoms with Gasteiger partial charge in [0.15, 0.2) is 12.1 Å². The summed E-state index contributed by atoms with van der Waals surface area (Å²) in [4.78, 5) is 38.3. The van der Waals surface area contributed by atoms with Crippen LogP contribution in [0.15, 0.2) is 150 Å². The summed E-state index contributed by atoms with van der Waals surface area (Å²) >= 11 is 0. The molecule has 0 bridgehead atoms. The molecular formula is C64H70N10O7. The number of aliphatic hydroxyl groups is 3. The van der Waals surface area contributed by atoms with Gasteiger partial charge in [-0.2, -0.15) is 15.2 Å². The Kier molecular flexibility index (Phi) is 17.2. The van der Waals surface area contributed by atoms with Crippen molar-refractivity contribution in [3.63, 3.8) is 0 Å². The van der Waals surface area contributed by atoms with Gasteiger partial charge in [-0.1, -0.05) is 109 Å². The lowest BCUT2D eigenvalue weighted by Crippen LogP contribution is -2.37. The second-order valence-electron chi connectivity index (χ2n) is 21.7. The fraction of sp³-hybridized carbons (Fsp3) is 0.359. The van der Waals surface area contributed by atoms with Crippen molar-refractivity contribution < 1.29 is 34.8 Å². The average molecular weight is 1090 g/mol. The molecule has 3 unspecified atom stereocenters. The topological polar surface area (TPSA) is 234 Å². The lowest BCUT2D eigenvalue weighted by Gasteiger charge is -2.26. The van der Waals surface area contributed by atoms with Crippen molar-refractivity contribution in [3.05, 3.63) is 168 Å². The number of cyclic esters (lactones) is 1. The third-order valence-electron chi connectivity index (χ3n) is 15.8. The molecule has 0 amide bonds. The lowest BCUT2D eigenvalue weighted by molar-refractivity contribution is -0.160. The highest BCUT2D eigenvalue weighted by molar-refractivity contribution is 5.83. The quantitative estimate of drug-likeness (QED) is 0.0263. The van der Waals surface area contributed by atoms with Crippen LogP contribution in [0.1, 0.15) is 124 Å². The van der Waals surface area contributed by atoms with E-state index in [0.717, 1.165) is 125 Å². The van der Waals surface area contributed by atoms with E-state index in [9.17, 15) is 30.0 Å². The van der Waals surface area contributed by atoms with E-state index < -0.39 is 43.1 Å². The van der Waals surface area contributed by atoms with E-state index >= 15 is 0 Å². The van der Waals surface area contributed by atoms with Crippen molar-refractivity contribution in [2.24, 2.45) is 4.99 Å². The Labute approximate surface area is 471 Å². The number of aliphatic hydroxyl groups excluding tert-OH is 3. The molecule has 3 aromatic heterocycles. The fourth-order valence-corrected chi connectivity index (χ4v) is 11.8. The Balaban J connectivity index is 0.942. The molecule has 11 rings (SSSR count). The zero-order valence-electron chi connectivity index (χ0n) is 45.4. The van der Waals surface area contributed by atoms with Gasteiger partial charge in [0.25, 0.3) is 0 Å². The monoisotopic (exact) mass is 1090 g/mol. The number of hydrogen-bond acceptors (Lipinski definition) is 14. The molecule has 0 saturated carbocycles. The molecular weight excluding hydrogens is 1020 g/mol. The fourth-order valence-electron chi connectivity index (χ4n) is 11.8. The van der Waals surface area contributed by atoms with Crippen LogP contribution in [0.4, 0.5) is 11.6 Å². The number of rotatable bonds is 21. The molecule has 0 spiro atoms. The zero-order chi connectivity index (χ0) is 55.7. The number of carboxylic acid groups (broad SMARTS) is 1. The predicted molar refractivity (Wildman–Crippen MR) is 313 cm³/mol. The van der Waals surface area contributed by atoms with Crippen molar-refractivity contribution >= 4 is 35.6 Å². The van der Waals surface area contributed by atoms with Gasteiger partial charge in [0.2, 0.25) is 5.95 Å². The number of benzene rings is 3. The van der Waals surface area contributed by atoms with Crippen LogP contribution in [0.2, 0.25) is 0 Å². The van der Waals surface area contributed by atoms with E-state index in [1.165, 1.54) is 0 Å². The summed E-state index contributed by atoms with van der Waals surface area (Å²) in [5, 5.41) is 63.0. The molecule has 6 aromatic rings. The maximum Gasteiger partial charge on any atom is 0.308 e. The van der Waals surface area contributed by atoms with E-state index in [1.54, 1.807) is 12.4 Å². The van der Waals surface area contributed by atoms with Gasteiger partial charge in [-0.25, -0.2) is 19.3 Å². The summed E-state index contributed by atoms with van der Waals surface area (Å²) < 4.78 is 9.72. The maximum atomic E-state index is 12.5. The van der Waals surface area contributed by atoms with Crippen molar-refractivity contribution in [1.82, 2.24) is 34.8 Å². The van der Waals surface area contributed by atoms with Crippen LogP contribution >= 0.6 is 0 Å². The van der Waals surface area contributed by atoms with Crippen LogP contribution in [0.5, 0.6) is 0 Å². The second kappa shape index (κ2) is 25.5. The van der Waals surface area contributed by atoms with E-state index in [-0.39, 0.29) is 30.6 Å². The highest BCUT2D eigenvalue weighted by Gasteiger charge is 2.32. The molecule has 0 radical (unpaired) electrons. The Morgan fingerprint density at radius 3 is 2.37 bits per heavy atom. The minimum absolute atomic E-state index is 0.00159. The number of aliphatic imine (C=N–C) groups is 1. The number of para-hydroxylation sites is 1. The van der Waals surface area contributed by atoms with Gasteiger partial charge in [-0.05, 0) is 113 Å². The molecule has 3 aromatic carbocycles. The Hall–Kier alpha value is -8.25. The summed E-state index contributed by atoms with van der Waals surface area (Å²) in [5.74, 6) is 0.475. The van der Waals surface area contributed by atoms with E-state index in [4.69, 9.17) is 24.9 Å². The second-order valence-corrected chi connectivity index (χ2v) is 21.7. The first-order chi connectivity index (χ1) is 39.6. The number of anilines is 2. The number of carboxylic acids is 1. The molecule has 81 heavy (non-hydrogen) atoms. The number of allylic oxidation sites excluding steroid dienone is 9. The summed E-state index contributed by atoms with van der Waals surface area (Å²) in [5.41, 5.74) is 11.4. The summed E-state index contributed by atoms with van der Waals surface area (Å²) in [7, 11) is 0. The average Bonchev–Trinajstić information content (AvgIpc) is 4.22. The van der Waals surface area contributed by atoms with Crippen LogP contribution in [0, 0.1) is 0 Å². The molecule has 17 nitrogen and oxygen atoms in total. The van der Waals surface area contributed by atoms with Crippen LogP contribution in [0.3, 0.4) is 0 Å². The summed E-state index contributed by atoms with van der Waals surface area (Å²) in [6.07, 6.45) is 26.1. The number of carbonyl (C=O) groups excluding carboxylic acids is 1. The molecule has 7 atom stereocenters. The molecule has 5 heterocycles. The summed E-state index contributed by atoms with van der Waals surface area (Å²) in [6.45, 7) is 0. The molecule has 1 saturated heterocycles.